The smallest absolute Gasteiger partial charge is 0.344 e. The molecular formula is C10H11NO4S. The number of aromatic nitrogens is 1. The summed E-state index contributed by atoms with van der Waals surface area (Å²) in [5.74, 6) is 0.679. The Balaban J connectivity index is 2.79. The molecule has 86 valence electrons. The van der Waals surface area contributed by atoms with E-state index in [1.807, 2.05) is 11.5 Å². The lowest BCUT2D eigenvalue weighted by Crippen LogP contribution is -2.33. The molecule has 5 nitrogen and oxygen atoms in total. The molecule has 1 aromatic heterocycles. The SMILES string of the molecule is CC[n+]1c(C)oc2ccc(S(=O)(=O)[O-])cc21. The maximum atomic E-state index is 10.9. The summed E-state index contributed by atoms with van der Waals surface area (Å²) in [7, 11) is -4.42. The van der Waals surface area contributed by atoms with Crippen molar-refractivity contribution in [2.75, 3.05) is 0 Å². The average molecular weight is 241 g/mol. The Morgan fingerprint density at radius 3 is 2.69 bits per heavy atom. The number of hydrogen-bond donors (Lipinski definition) is 0. The second-order valence-electron chi connectivity index (χ2n) is 3.45. The van der Waals surface area contributed by atoms with Gasteiger partial charge in [-0.2, -0.15) is 4.57 Å². The van der Waals surface area contributed by atoms with Crippen LogP contribution in [0.3, 0.4) is 0 Å². The molecule has 6 heteroatoms. The van der Waals surface area contributed by atoms with Crippen molar-refractivity contribution in [3.63, 3.8) is 0 Å². The van der Waals surface area contributed by atoms with Crippen molar-refractivity contribution in [1.82, 2.24) is 0 Å². The van der Waals surface area contributed by atoms with Crippen molar-refractivity contribution in [2.45, 2.75) is 25.3 Å². The molecule has 0 unspecified atom stereocenters. The van der Waals surface area contributed by atoms with Crippen molar-refractivity contribution >= 4 is 21.2 Å². The first-order valence-corrected chi connectivity index (χ1v) is 6.23. The van der Waals surface area contributed by atoms with E-state index in [1.165, 1.54) is 18.2 Å². The first-order chi connectivity index (χ1) is 7.43. The summed E-state index contributed by atoms with van der Waals surface area (Å²) < 4.78 is 39.9. The highest BCUT2D eigenvalue weighted by Crippen LogP contribution is 2.18. The van der Waals surface area contributed by atoms with Crippen LogP contribution in [0.15, 0.2) is 27.5 Å². The molecule has 2 aromatic rings. The quantitative estimate of drug-likeness (QED) is 0.579. The molecule has 0 saturated heterocycles. The average Bonchev–Trinajstić information content (AvgIpc) is 2.50. The van der Waals surface area contributed by atoms with Gasteiger partial charge in [-0.25, -0.2) is 8.42 Å². The van der Waals surface area contributed by atoms with Crippen LogP contribution >= 0.6 is 0 Å². The molecule has 0 radical (unpaired) electrons. The van der Waals surface area contributed by atoms with E-state index in [0.717, 1.165) is 0 Å². The zero-order valence-corrected chi connectivity index (χ0v) is 9.74. The first kappa shape index (κ1) is 11.1. The number of rotatable bonds is 2. The number of hydrogen-bond acceptors (Lipinski definition) is 4. The molecule has 0 bridgehead atoms. The number of oxazole rings is 1. The van der Waals surface area contributed by atoms with Gasteiger partial charge in [0.1, 0.15) is 16.7 Å². The molecule has 0 aliphatic heterocycles. The normalized spacial score (nSPS) is 12.2. The van der Waals surface area contributed by atoms with Crippen molar-refractivity contribution in [3.8, 4) is 0 Å². The molecule has 0 saturated carbocycles. The van der Waals surface area contributed by atoms with E-state index in [1.54, 1.807) is 6.92 Å². The Morgan fingerprint density at radius 2 is 2.12 bits per heavy atom. The van der Waals surface area contributed by atoms with Gasteiger partial charge in [0.25, 0.3) is 5.52 Å². The van der Waals surface area contributed by atoms with Crippen LogP contribution in [0.25, 0.3) is 11.1 Å². The van der Waals surface area contributed by atoms with Crippen molar-refractivity contribution < 1.29 is 22.0 Å². The molecule has 1 heterocycles. The summed E-state index contributed by atoms with van der Waals surface area (Å²) >= 11 is 0. The molecule has 0 aliphatic rings. The number of nitrogens with zero attached hydrogens (tertiary/aromatic N) is 1. The zero-order chi connectivity index (χ0) is 11.9. The lowest BCUT2D eigenvalue weighted by molar-refractivity contribution is -0.679. The highest BCUT2D eigenvalue weighted by molar-refractivity contribution is 7.85. The lowest BCUT2D eigenvalue weighted by atomic mass is 10.3. The second-order valence-corrected chi connectivity index (χ2v) is 4.83. The van der Waals surface area contributed by atoms with Crippen LogP contribution in [-0.2, 0) is 16.7 Å². The van der Waals surface area contributed by atoms with E-state index in [4.69, 9.17) is 4.42 Å². The highest BCUT2D eigenvalue weighted by atomic mass is 32.2. The van der Waals surface area contributed by atoms with E-state index in [2.05, 4.69) is 0 Å². The van der Waals surface area contributed by atoms with Crippen LogP contribution in [0.4, 0.5) is 0 Å². The predicted octanol–water partition coefficient (Wildman–Crippen LogP) is 0.953. The van der Waals surface area contributed by atoms with Crippen LogP contribution in [0, 0.1) is 6.92 Å². The minimum atomic E-state index is -4.42. The first-order valence-electron chi connectivity index (χ1n) is 4.82. The summed E-state index contributed by atoms with van der Waals surface area (Å²) in [6.07, 6.45) is 0. The van der Waals surface area contributed by atoms with Crippen molar-refractivity contribution in [2.24, 2.45) is 0 Å². The molecule has 0 amide bonds. The number of benzene rings is 1. The highest BCUT2D eigenvalue weighted by Gasteiger charge is 2.18. The van der Waals surface area contributed by atoms with E-state index in [0.29, 0.717) is 23.5 Å². The summed E-state index contributed by atoms with van der Waals surface area (Å²) in [4.78, 5) is -0.233. The fourth-order valence-electron chi connectivity index (χ4n) is 1.73. The minimum Gasteiger partial charge on any atom is -0.744 e. The van der Waals surface area contributed by atoms with Crippen molar-refractivity contribution in [3.05, 3.63) is 24.1 Å². The van der Waals surface area contributed by atoms with Crippen LogP contribution in [0.2, 0.25) is 0 Å². The Morgan fingerprint density at radius 1 is 1.44 bits per heavy atom. The van der Waals surface area contributed by atoms with Gasteiger partial charge < -0.3 is 8.97 Å². The number of aryl methyl sites for hydroxylation is 2. The molecule has 0 aliphatic carbocycles. The third-order valence-corrected chi connectivity index (χ3v) is 3.30. The van der Waals surface area contributed by atoms with Crippen LogP contribution in [0.1, 0.15) is 12.8 Å². The Labute approximate surface area is 93.1 Å². The van der Waals surface area contributed by atoms with Gasteiger partial charge in [-0.3, -0.25) is 0 Å². The maximum Gasteiger partial charge on any atom is 0.344 e. The molecule has 1 aromatic carbocycles. The van der Waals surface area contributed by atoms with Gasteiger partial charge in [0, 0.05) is 6.07 Å². The largest absolute Gasteiger partial charge is 0.744 e. The van der Waals surface area contributed by atoms with Crippen LogP contribution in [0.5, 0.6) is 0 Å². The van der Waals surface area contributed by atoms with E-state index >= 15 is 0 Å². The molecule has 0 N–H and O–H groups in total. The summed E-state index contributed by atoms with van der Waals surface area (Å²) in [5.41, 5.74) is 1.20. The number of fused-ring (bicyclic) bond motifs is 1. The molecule has 0 spiro atoms. The van der Waals surface area contributed by atoms with Gasteiger partial charge in [-0.15, -0.1) is 0 Å². The zero-order valence-electron chi connectivity index (χ0n) is 8.93. The van der Waals surface area contributed by atoms with E-state index in [-0.39, 0.29) is 4.90 Å². The fourth-order valence-corrected chi connectivity index (χ4v) is 2.22. The fraction of sp³-hybridized carbons (Fsp3) is 0.300. The van der Waals surface area contributed by atoms with Gasteiger partial charge in [-0.05, 0) is 19.1 Å². The topological polar surface area (TPSA) is 74.2 Å². The summed E-state index contributed by atoms with van der Waals surface area (Å²) in [6.45, 7) is 4.36. The molecule has 2 rings (SSSR count). The monoisotopic (exact) mass is 241 g/mol. The molecule has 0 atom stereocenters. The summed E-state index contributed by atoms with van der Waals surface area (Å²) in [6, 6.07) is 4.10. The van der Waals surface area contributed by atoms with Gasteiger partial charge in [0.05, 0.1) is 11.8 Å². The second kappa shape index (κ2) is 3.57. The third-order valence-electron chi connectivity index (χ3n) is 2.46. The standard InChI is InChI=1S/C10H11NO4S/c1-3-11-7(2)15-10-5-4-8(6-9(10)11)16(12,13)14/h4-6H,3H2,1-2H3. The molecule has 0 fully saturated rings. The Bertz CT molecular complexity index is 642. The maximum absolute atomic E-state index is 10.9. The minimum absolute atomic E-state index is 0.233. The van der Waals surface area contributed by atoms with Gasteiger partial charge in [-0.1, -0.05) is 0 Å². The van der Waals surface area contributed by atoms with E-state index in [9.17, 15) is 13.0 Å². The van der Waals surface area contributed by atoms with Gasteiger partial charge in [0.2, 0.25) is 5.58 Å². The Hall–Kier alpha value is -1.40. The molecule has 16 heavy (non-hydrogen) atoms. The predicted molar refractivity (Wildman–Crippen MR) is 54.8 cm³/mol. The van der Waals surface area contributed by atoms with Gasteiger partial charge >= 0.3 is 5.89 Å². The van der Waals surface area contributed by atoms with E-state index < -0.39 is 10.1 Å². The molecular weight excluding hydrogens is 230 g/mol. The van der Waals surface area contributed by atoms with Crippen LogP contribution < -0.4 is 4.57 Å². The summed E-state index contributed by atoms with van der Waals surface area (Å²) in [5, 5.41) is 0. The lowest BCUT2D eigenvalue weighted by Gasteiger charge is -2.04. The Kier molecular flexibility index (Phi) is 2.47. The van der Waals surface area contributed by atoms with Gasteiger partial charge in [0.15, 0.2) is 0 Å². The van der Waals surface area contributed by atoms with Crippen LogP contribution in [-0.4, -0.2) is 13.0 Å². The van der Waals surface area contributed by atoms with Crippen molar-refractivity contribution in [1.29, 1.82) is 0 Å². The third kappa shape index (κ3) is 1.70.